The van der Waals surface area contributed by atoms with Gasteiger partial charge >= 0.3 is 0 Å². The summed E-state index contributed by atoms with van der Waals surface area (Å²) in [5.41, 5.74) is 1.61. The molecule has 0 heterocycles. The van der Waals surface area contributed by atoms with E-state index in [1.165, 1.54) is 6.07 Å². The minimum Gasteiger partial charge on any atom is -0.207 e. The Labute approximate surface area is 127 Å². The third kappa shape index (κ3) is 3.56. The van der Waals surface area contributed by atoms with E-state index in [2.05, 4.69) is 31.9 Å². The summed E-state index contributed by atoms with van der Waals surface area (Å²) in [7, 11) is 0. The van der Waals surface area contributed by atoms with Crippen LogP contribution in [0, 0.1) is 5.82 Å². The topological polar surface area (TPSA) is 0 Å². The standard InChI is InChI=1S/C14H10Br2ClF/c15-10-3-1-9(2-4-10)7-13(17)12-6-5-11(16)8-14(12)18/h1-6,8,13H,7H2. The zero-order valence-corrected chi connectivity index (χ0v) is 13.3. The van der Waals surface area contributed by atoms with E-state index in [-0.39, 0.29) is 11.2 Å². The SMILES string of the molecule is Fc1cc(Br)ccc1C(Cl)Cc1ccc(Br)cc1. The highest BCUT2D eigenvalue weighted by molar-refractivity contribution is 9.10. The molecule has 0 saturated carbocycles. The Balaban J connectivity index is 2.16. The molecule has 4 heteroatoms. The van der Waals surface area contributed by atoms with Crippen molar-refractivity contribution < 1.29 is 4.39 Å². The number of benzene rings is 2. The molecule has 1 atom stereocenters. The van der Waals surface area contributed by atoms with E-state index in [9.17, 15) is 4.39 Å². The van der Waals surface area contributed by atoms with Gasteiger partial charge < -0.3 is 0 Å². The van der Waals surface area contributed by atoms with Crippen LogP contribution in [0.1, 0.15) is 16.5 Å². The van der Waals surface area contributed by atoms with Crippen LogP contribution in [0.3, 0.4) is 0 Å². The minimum absolute atomic E-state index is 0.276. The second-order valence-corrected chi connectivity index (χ2v) is 6.32. The van der Waals surface area contributed by atoms with E-state index in [4.69, 9.17) is 11.6 Å². The Hall–Kier alpha value is -0.380. The highest BCUT2D eigenvalue weighted by Crippen LogP contribution is 2.29. The van der Waals surface area contributed by atoms with Crippen molar-refractivity contribution in [1.82, 2.24) is 0 Å². The summed E-state index contributed by atoms with van der Waals surface area (Å²) in [6.45, 7) is 0. The van der Waals surface area contributed by atoms with Crippen LogP contribution in [0.25, 0.3) is 0 Å². The Bertz CT molecular complexity index is 540. The molecule has 0 bridgehead atoms. The third-order valence-corrected chi connectivity index (χ3v) is 4.04. The van der Waals surface area contributed by atoms with Crippen LogP contribution >= 0.6 is 43.5 Å². The van der Waals surface area contributed by atoms with Gasteiger partial charge in [-0.3, -0.25) is 0 Å². The monoisotopic (exact) mass is 390 g/mol. The smallest absolute Gasteiger partial charge is 0.129 e. The van der Waals surface area contributed by atoms with Crippen molar-refractivity contribution in [2.45, 2.75) is 11.8 Å². The second-order valence-electron chi connectivity index (χ2n) is 3.96. The Kier molecular flexibility index (Phi) is 4.82. The first kappa shape index (κ1) is 14.0. The highest BCUT2D eigenvalue weighted by atomic mass is 79.9. The molecule has 94 valence electrons. The lowest BCUT2D eigenvalue weighted by Crippen LogP contribution is -1.99. The molecule has 0 radical (unpaired) electrons. The zero-order chi connectivity index (χ0) is 13.1. The van der Waals surface area contributed by atoms with E-state index in [1.807, 2.05) is 24.3 Å². The zero-order valence-electron chi connectivity index (χ0n) is 9.34. The van der Waals surface area contributed by atoms with Crippen LogP contribution in [-0.4, -0.2) is 0 Å². The molecule has 0 saturated heterocycles. The van der Waals surface area contributed by atoms with Gasteiger partial charge in [-0.15, -0.1) is 11.6 Å². The summed E-state index contributed by atoms with van der Waals surface area (Å²) >= 11 is 12.9. The lowest BCUT2D eigenvalue weighted by Gasteiger charge is -2.11. The molecule has 0 spiro atoms. The van der Waals surface area contributed by atoms with Crippen molar-refractivity contribution in [3.05, 3.63) is 68.4 Å². The van der Waals surface area contributed by atoms with Crippen molar-refractivity contribution >= 4 is 43.5 Å². The first-order valence-corrected chi connectivity index (χ1v) is 7.42. The molecule has 0 aliphatic heterocycles. The normalized spacial score (nSPS) is 12.4. The van der Waals surface area contributed by atoms with Gasteiger partial charge in [0.2, 0.25) is 0 Å². The van der Waals surface area contributed by atoms with E-state index >= 15 is 0 Å². The molecule has 1 unspecified atom stereocenters. The molecule has 2 aromatic carbocycles. The molecular weight excluding hydrogens is 382 g/mol. The first-order chi connectivity index (χ1) is 8.56. The minimum atomic E-state index is -0.362. The molecule has 0 amide bonds. The summed E-state index contributed by atoms with van der Waals surface area (Å²) in [5, 5.41) is -0.362. The van der Waals surface area contributed by atoms with Crippen molar-refractivity contribution in [3.63, 3.8) is 0 Å². The van der Waals surface area contributed by atoms with Crippen molar-refractivity contribution in [2.75, 3.05) is 0 Å². The molecule has 2 rings (SSSR count). The van der Waals surface area contributed by atoms with Gasteiger partial charge in [0.25, 0.3) is 0 Å². The average Bonchev–Trinajstić information content (AvgIpc) is 2.32. The molecule has 2 aromatic rings. The van der Waals surface area contributed by atoms with Gasteiger partial charge in [-0.1, -0.05) is 50.1 Å². The molecular formula is C14H10Br2ClF. The average molecular weight is 392 g/mol. The van der Waals surface area contributed by atoms with Gasteiger partial charge in [-0.2, -0.15) is 0 Å². The lowest BCUT2D eigenvalue weighted by atomic mass is 10.0. The number of rotatable bonds is 3. The van der Waals surface area contributed by atoms with Crippen LogP contribution in [-0.2, 0) is 6.42 Å². The number of hydrogen-bond acceptors (Lipinski definition) is 0. The van der Waals surface area contributed by atoms with Crippen LogP contribution in [0.5, 0.6) is 0 Å². The van der Waals surface area contributed by atoms with E-state index in [1.54, 1.807) is 12.1 Å². The third-order valence-electron chi connectivity index (χ3n) is 2.63. The molecule has 0 fully saturated rings. The fraction of sp³-hybridized carbons (Fsp3) is 0.143. The largest absolute Gasteiger partial charge is 0.207 e. The van der Waals surface area contributed by atoms with Gasteiger partial charge in [0.05, 0.1) is 5.38 Å². The van der Waals surface area contributed by atoms with Gasteiger partial charge in [-0.25, -0.2) is 4.39 Å². The summed E-state index contributed by atoms with van der Waals surface area (Å²) in [4.78, 5) is 0. The molecule has 0 aliphatic rings. The maximum Gasteiger partial charge on any atom is 0.129 e. The molecule has 18 heavy (non-hydrogen) atoms. The summed E-state index contributed by atoms with van der Waals surface area (Å²) in [6, 6.07) is 12.8. The van der Waals surface area contributed by atoms with Crippen LogP contribution in [0.15, 0.2) is 51.4 Å². The van der Waals surface area contributed by atoms with Gasteiger partial charge in [0, 0.05) is 14.5 Å². The van der Waals surface area contributed by atoms with E-state index < -0.39 is 0 Å². The molecule has 0 N–H and O–H groups in total. The summed E-state index contributed by atoms with van der Waals surface area (Å²) in [5.74, 6) is -0.276. The van der Waals surface area contributed by atoms with Crippen LogP contribution in [0.2, 0.25) is 0 Å². The number of halogens is 4. The van der Waals surface area contributed by atoms with Gasteiger partial charge in [-0.05, 0) is 36.2 Å². The highest BCUT2D eigenvalue weighted by Gasteiger charge is 2.13. The fourth-order valence-electron chi connectivity index (χ4n) is 1.69. The number of alkyl halides is 1. The summed E-state index contributed by atoms with van der Waals surface area (Å²) in [6.07, 6.45) is 0.605. The first-order valence-electron chi connectivity index (χ1n) is 5.40. The van der Waals surface area contributed by atoms with Gasteiger partial charge in [0.1, 0.15) is 5.82 Å². The van der Waals surface area contributed by atoms with Gasteiger partial charge in [0.15, 0.2) is 0 Å². The molecule has 0 nitrogen and oxygen atoms in total. The van der Waals surface area contributed by atoms with Crippen molar-refractivity contribution in [1.29, 1.82) is 0 Å². The number of hydrogen-bond donors (Lipinski definition) is 0. The maximum absolute atomic E-state index is 13.7. The Morgan fingerprint density at radius 2 is 1.61 bits per heavy atom. The van der Waals surface area contributed by atoms with Crippen molar-refractivity contribution in [2.24, 2.45) is 0 Å². The van der Waals surface area contributed by atoms with Crippen LogP contribution in [0.4, 0.5) is 4.39 Å². The predicted octanol–water partition coefficient (Wildman–Crippen LogP) is 5.87. The van der Waals surface area contributed by atoms with E-state index in [0.717, 1.165) is 14.5 Å². The van der Waals surface area contributed by atoms with Crippen molar-refractivity contribution in [3.8, 4) is 0 Å². The lowest BCUT2D eigenvalue weighted by molar-refractivity contribution is 0.605. The molecule has 0 aromatic heterocycles. The fourth-order valence-corrected chi connectivity index (χ4v) is 2.65. The van der Waals surface area contributed by atoms with Crippen LogP contribution < -0.4 is 0 Å². The second kappa shape index (κ2) is 6.18. The van der Waals surface area contributed by atoms with E-state index in [0.29, 0.717) is 12.0 Å². The molecule has 0 aliphatic carbocycles. The Morgan fingerprint density at radius 1 is 1.00 bits per heavy atom. The predicted molar refractivity (Wildman–Crippen MR) is 80.5 cm³/mol. The maximum atomic E-state index is 13.7. The summed E-state index contributed by atoms with van der Waals surface area (Å²) < 4.78 is 15.5. The quantitative estimate of drug-likeness (QED) is 0.573. The Morgan fingerprint density at radius 3 is 2.22 bits per heavy atom.